The number of ether oxygens (including phenoxy) is 1. The molecule has 4 rings (SSSR count). The van der Waals surface area contributed by atoms with Crippen LogP contribution in [-0.2, 0) is 9.59 Å². The van der Waals surface area contributed by atoms with Gasteiger partial charge in [-0.1, -0.05) is 18.5 Å². The number of halogens is 1. The van der Waals surface area contributed by atoms with E-state index in [1.807, 2.05) is 4.90 Å². The number of nitrogens with one attached hydrogen (secondary N) is 1. The third-order valence-corrected chi connectivity index (χ3v) is 7.57. The summed E-state index contributed by atoms with van der Waals surface area (Å²) in [7, 11) is 1.59. The van der Waals surface area contributed by atoms with E-state index in [0.29, 0.717) is 33.8 Å². The number of methoxy groups -OCH3 is 1. The van der Waals surface area contributed by atoms with Crippen LogP contribution in [0.4, 0.5) is 11.4 Å². The van der Waals surface area contributed by atoms with Crippen molar-refractivity contribution >= 4 is 52.1 Å². The van der Waals surface area contributed by atoms with Gasteiger partial charge in [-0.3, -0.25) is 14.5 Å². The van der Waals surface area contributed by atoms with Gasteiger partial charge in [0.05, 0.1) is 19.2 Å². The maximum absolute atomic E-state index is 13.5. The first kappa shape index (κ1) is 26.4. The lowest BCUT2D eigenvalue weighted by atomic mass is 9.99. The van der Waals surface area contributed by atoms with Crippen LogP contribution in [0.5, 0.6) is 5.75 Å². The van der Waals surface area contributed by atoms with Crippen molar-refractivity contribution in [3.8, 4) is 5.75 Å². The van der Waals surface area contributed by atoms with Gasteiger partial charge in [-0.05, 0) is 106 Å². The van der Waals surface area contributed by atoms with Gasteiger partial charge < -0.3 is 19.9 Å². The molecule has 2 aliphatic rings. The third-order valence-electron chi connectivity index (χ3n) is 6.91. The highest BCUT2D eigenvalue weighted by atomic mass is 35.5. The molecule has 1 atom stereocenters. The van der Waals surface area contributed by atoms with E-state index in [1.54, 1.807) is 55.6 Å². The standard InChI is InChI=1S/C27H33ClN4O3S/c1-19-12-16-30(17-13-19)14-3-15-31-24(18-25(33)29-21-6-10-23(35-2)11-7-21)26(34)32(27(31)36)22-8-4-20(28)5-9-22/h4-11,19,24H,3,12-18H2,1-2H3,(H,29,33)/t24-/m1/s1. The highest BCUT2D eigenvalue weighted by molar-refractivity contribution is 7.80. The van der Waals surface area contributed by atoms with Crippen LogP contribution < -0.4 is 15.0 Å². The molecule has 192 valence electrons. The first-order valence-electron chi connectivity index (χ1n) is 12.4. The molecule has 9 heteroatoms. The number of carbonyl (C=O) groups is 2. The summed E-state index contributed by atoms with van der Waals surface area (Å²) in [5, 5.41) is 3.90. The smallest absolute Gasteiger partial charge is 0.256 e. The summed E-state index contributed by atoms with van der Waals surface area (Å²) in [5.74, 6) is 1.05. The van der Waals surface area contributed by atoms with Crippen molar-refractivity contribution in [1.29, 1.82) is 0 Å². The molecule has 0 unspecified atom stereocenters. The molecule has 2 aromatic carbocycles. The molecule has 2 fully saturated rings. The average molecular weight is 529 g/mol. The molecule has 2 heterocycles. The Morgan fingerprint density at radius 3 is 2.39 bits per heavy atom. The molecule has 0 radical (unpaired) electrons. The number of carbonyl (C=O) groups excluding carboxylic acids is 2. The predicted molar refractivity (Wildman–Crippen MR) is 148 cm³/mol. The Kier molecular flexibility index (Phi) is 8.82. The van der Waals surface area contributed by atoms with Gasteiger partial charge in [0.1, 0.15) is 11.8 Å². The Hall–Kier alpha value is -2.68. The number of amides is 2. The second kappa shape index (κ2) is 12.0. The Bertz CT molecular complexity index is 1070. The fourth-order valence-corrected chi connectivity index (χ4v) is 5.27. The van der Waals surface area contributed by atoms with Crippen LogP contribution in [0.3, 0.4) is 0 Å². The summed E-state index contributed by atoms with van der Waals surface area (Å²) in [6.07, 6.45) is 3.32. The van der Waals surface area contributed by atoms with Gasteiger partial charge in [-0.15, -0.1) is 0 Å². The van der Waals surface area contributed by atoms with Crippen molar-refractivity contribution in [3.05, 3.63) is 53.6 Å². The molecule has 2 saturated heterocycles. The molecule has 0 bridgehead atoms. The van der Waals surface area contributed by atoms with Gasteiger partial charge >= 0.3 is 0 Å². The number of piperidine rings is 1. The third kappa shape index (κ3) is 6.35. The molecule has 7 nitrogen and oxygen atoms in total. The minimum atomic E-state index is -0.659. The van der Waals surface area contributed by atoms with Crippen LogP contribution in [0.25, 0.3) is 0 Å². The summed E-state index contributed by atoms with van der Waals surface area (Å²) in [6.45, 7) is 6.08. The van der Waals surface area contributed by atoms with E-state index in [4.69, 9.17) is 28.6 Å². The van der Waals surface area contributed by atoms with Gasteiger partial charge in [0.25, 0.3) is 5.91 Å². The zero-order chi connectivity index (χ0) is 25.7. The summed E-state index contributed by atoms with van der Waals surface area (Å²) in [6, 6.07) is 13.5. The predicted octanol–water partition coefficient (Wildman–Crippen LogP) is 4.80. The van der Waals surface area contributed by atoms with E-state index in [2.05, 4.69) is 17.1 Å². The fourth-order valence-electron chi connectivity index (χ4n) is 4.73. The number of hydrogen-bond donors (Lipinski definition) is 1. The number of hydrogen-bond acceptors (Lipinski definition) is 5. The quantitative estimate of drug-likeness (QED) is 0.472. The molecule has 0 saturated carbocycles. The molecule has 0 aromatic heterocycles. The van der Waals surface area contributed by atoms with Gasteiger partial charge in [0.15, 0.2) is 5.11 Å². The largest absolute Gasteiger partial charge is 0.497 e. The maximum atomic E-state index is 13.5. The number of thiocarbonyl (C=S) groups is 1. The van der Waals surface area contributed by atoms with Crippen molar-refractivity contribution in [2.75, 3.05) is 43.5 Å². The number of likely N-dealkylation sites (tertiary alicyclic amines) is 1. The molecular weight excluding hydrogens is 496 g/mol. The van der Waals surface area contributed by atoms with Crippen molar-refractivity contribution in [1.82, 2.24) is 9.80 Å². The van der Waals surface area contributed by atoms with Gasteiger partial charge in [-0.2, -0.15) is 0 Å². The van der Waals surface area contributed by atoms with Crippen molar-refractivity contribution in [2.45, 2.75) is 38.6 Å². The fraction of sp³-hybridized carbons (Fsp3) is 0.444. The first-order valence-corrected chi connectivity index (χ1v) is 13.2. The summed E-state index contributed by atoms with van der Waals surface area (Å²) in [4.78, 5) is 32.4. The molecule has 0 aliphatic carbocycles. The second-order valence-corrected chi connectivity index (χ2v) is 10.3. The second-order valence-electron chi connectivity index (χ2n) is 9.50. The van der Waals surface area contributed by atoms with E-state index in [9.17, 15) is 9.59 Å². The monoisotopic (exact) mass is 528 g/mol. The van der Waals surface area contributed by atoms with Crippen LogP contribution >= 0.6 is 23.8 Å². The van der Waals surface area contributed by atoms with Crippen molar-refractivity contribution in [2.24, 2.45) is 5.92 Å². The zero-order valence-electron chi connectivity index (χ0n) is 20.8. The lowest BCUT2D eigenvalue weighted by Crippen LogP contribution is -2.40. The molecule has 1 N–H and O–H groups in total. The number of benzene rings is 2. The molecule has 2 amide bonds. The van der Waals surface area contributed by atoms with Crippen molar-refractivity contribution in [3.63, 3.8) is 0 Å². The average Bonchev–Trinajstić information content (AvgIpc) is 3.10. The van der Waals surface area contributed by atoms with Gasteiger partial charge in [-0.25, -0.2) is 0 Å². The summed E-state index contributed by atoms with van der Waals surface area (Å²) >= 11 is 11.8. The Morgan fingerprint density at radius 2 is 1.75 bits per heavy atom. The summed E-state index contributed by atoms with van der Waals surface area (Å²) < 4.78 is 5.17. The number of nitrogens with zero attached hydrogens (tertiary/aromatic N) is 3. The van der Waals surface area contributed by atoms with Gasteiger partial charge in [0, 0.05) is 17.3 Å². The van der Waals surface area contributed by atoms with Crippen molar-refractivity contribution < 1.29 is 14.3 Å². The minimum Gasteiger partial charge on any atom is -0.497 e. The highest BCUT2D eigenvalue weighted by Gasteiger charge is 2.43. The van der Waals surface area contributed by atoms with E-state index < -0.39 is 6.04 Å². The SMILES string of the molecule is COc1ccc(NC(=O)C[C@@H]2C(=O)N(c3ccc(Cl)cc3)C(=S)N2CCCN2CCC(C)CC2)cc1. The summed E-state index contributed by atoms with van der Waals surface area (Å²) in [5.41, 5.74) is 1.30. The van der Waals surface area contributed by atoms with E-state index in [-0.39, 0.29) is 18.2 Å². The highest BCUT2D eigenvalue weighted by Crippen LogP contribution is 2.29. The zero-order valence-corrected chi connectivity index (χ0v) is 22.4. The molecule has 2 aromatic rings. The van der Waals surface area contributed by atoms with E-state index in [1.165, 1.54) is 17.7 Å². The van der Waals surface area contributed by atoms with Crippen LogP contribution in [0, 0.1) is 5.92 Å². The molecule has 2 aliphatic heterocycles. The Morgan fingerprint density at radius 1 is 1.08 bits per heavy atom. The lowest BCUT2D eigenvalue weighted by molar-refractivity contribution is -0.124. The lowest BCUT2D eigenvalue weighted by Gasteiger charge is -2.31. The van der Waals surface area contributed by atoms with Gasteiger partial charge in [0.2, 0.25) is 5.91 Å². The van der Waals surface area contributed by atoms with E-state index >= 15 is 0 Å². The Labute approximate surface area is 223 Å². The normalized spacial score (nSPS) is 19.1. The van der Waals surface area contributed by atoms with Crippen LogP contribution in [0.2, 0.25) is 5.02 Å². The number of anilines is 2. The molecule has 0 spiro atoms. The minimum absolute atomic E-state index is 0.0102. The number of rotatable bonds is 9. The van der Waals surface area contributed by atoms with E-state index in [0.717, 1.165) is 32.0 Å². The van der Waals surface area contributed by atoms with Crippen LogP contribution in [-0.4, -0.2) is 66.1 Å². The maximum Gasteiger partial charge on any atom is 0.256 e. The first-order chi connectivity index (χ1) is 17.4. The topological polar surface area (TPSA) is 65.1 Å². The molecule has 36 heavy (non-hydrogen) atoms. The van der Waals surface area contributed by atoms with Crippen LogP contribution in [0.1, 0.15) is 32.6 Å². The molecular formula is C27H33ClN4O3S. The van der Waals surface area contributed by atoms with Crippen LogP contribution in [0.15, 0.2) is 48.5 Å². The Balaban J connectivity index is 1.45.